The molecule has 2 rings (SSSR count). The van der Waals surface area contributed by atoms with Gasteiger partial charge in [-0.2, -0.15) is 0 Å². The van der Waals surface area contributed by atoms with Crippen LogP contribution in [0.2, 0.25) is 0 Å². The molecule has 0 heterocycles. The molecule has 3 N–H and O–H groups in total. The van der Waals surface area contributed by atoms with E-state index >= 15 is 0 Å². The standard InChI is InChI=1S/C16H12O8/c17-10-2-4-11(5-3-10)24-16(22)23-8-14(19)9-1-6-13(18)12(7-9)15(20)21/h1-7,17-18H,8H2,(H,20,21). The maximum Gasteiger partial charge on any atom is 0.514 e. The number of ketones is 1. The third-order valence-electron chi connectivity index (χ3n) is 2.91. The molecule has 8 heteroatoms. The monoisotopic (exact) mass is 332 g/mol. The van der Waals surface area contributed by atoms with Crippen molar-refractivity contribution in [2.75, 3.05) is 6.61 Å². The van der Waals surface area contributed by atoms with Crippen LogP contribution in [0.1, 0.15) is 20.7 Å². The lowest BCUT2D eigenvalue weighted by molar-refractivity contribution is 0.0692. The van der Waals surface area contributed by atoms with Gasteiger partial charge in [-0.15, -0.1) is 0 Å². The van der Waals surface area contributed by atoms with E-state index in [0.29, 0.717) is 0 Å². The number of ether oxygens (including phenoxy) is 2. The van der Waals surface area contributed by atoms with Crippen molar-refractivity contribution in [2.45, 2.75) is 0 Å². The highest BCUT2D eigenvalue weighted by Gasteiger charge is 2.16. The van der Waals surface area contributed by atoms with Crippen molar-refractivity contribution in [3.63, 3.8) is 0 Å². The maximum atomic E-state index is 11.9. The second-order valence-corrected chi connectivity index (χ2v) is 4.59. The van der Waals surface area contributed by atoms with Crippen molar-refractivity contribution in [3.8, 4) is 17.2 Å². The zero-order valence-electron chi connectivity index (χ0n) is 12.1. The molecule has 0 aliphatic rings. The van der Waals surface area contributed by atoms with Crippen LogP contribution in [-0.4, -0.2) is 39.8 Å². The predicted octanol–water partition coefficient (Wildman–Crippen LogP) is 2.19. The van der Waals surface area contributed by atoms with Gasteiger partial charge in [-0.1, -0.05) is 0 Å². The van der Waals surface area contributed by atoms with Crippen molar-refractivity contribution in [1.82, 2.24) is 0 Å². The van der Waals surface area contributed by atoms with Crippen LogP contribution in [0, 0.1) is 0 Å². The van der Waals surface area contributed by atoms with Crippen LogP contribution in [0.5, 0.6) is 17.2 Å². The minimum absolute atomic E-state index is 0.00698. The van der Waals surface area contributed by atoms with Crippen LogP contribution in [0.25, 0.3) is 0 Å². The van der Waals surface area contributed by atoms with Crippen LogP contribution in [0.3, 0.4) is 0 Å². The molecule has 0 amide bonds. The Morgan fingerprint density at radius 1 is 0.958 bits per heavy atom. The minimum Gasteiger partial charge on any atom is -0.508 e. The summed E-state index contributed by atoms with van der Waals surface area (Å²) in [5.74, 6) is -2.43. The highest BCUT2D eigenvalue weighted by molar-refractivity contribution is 6.01. The van der Waals surface area contributed by atoms with Gasteiger partial charge in [0.25, 0.3) is 0 Å². The van der Waals surface area contributed by atoms with Gasteiger partial charge in [0.05, 0.1) is 0 Å². The normalized spacial score (nSPS) is 10.0. The molecule has 0 radical (unpaired) electrons. The summed E-state index contributed by atoms with van der Waals surface area (Å²) in [7, 11) is 0. The Bertz CT molecular complexity index is 779. The van der Waals surface area contributed by atoms with Crippen LogP contribution in [0.4, 0.5) is 4.79 Å². The zero-order valence-corrected chi connectivity index (χ0v) is 12.1. The van der Waals surface area contributed by atoms with E-state index in [1.165, 1.54) is 30.3 Å². The Labute approximate surface area is 135 Å². The fourth-order valence-electron chi connectivity index (χ4n) is 1.73. The number of rotatable bonds is 5. The number of carboxylic acid groups (broad SMARTS) is 1. The number of hydrogen-bond donors (Lipinski definition) is 3. The Hall–Kier alpha value is -3.55. The van der Waals surface area contributed by atoms with Crippen molar-refractivity contribution in [2.24, 2.45) is 0 Å². The molecule has 0 saturated heterocycles. The van der Waals surface area contributed by atoms with Crippen molar-refractivity contribution in [1.29, 1.82) is 0 Å². The number of aromatic carboxylic acids is 1. The molecule has 124 valence electrons. The molecular formula is C16H12O8. The fourth-order valence-corrected chi connectivity index (χ4v) is 1.73. The number of Topliss-reactive ketones (excluding diaryl/α,β-unsaturated/α-hetero) is 1. The number of phenols is 2. The summed E-state index contributed by atoms with van der Waals surface area (Å²) in [6.45, 7) is -0.666. The summed E-state index contributed by atoms with van der Waals surface area (Å²) in [4.78, 5) is 34.3. The molecule has 0 atom stereocenters. The van der Waals surface area contributed by atoms with Gasteiger partial charge in [-0.05, 0) is 42.5 Å². The summed E-state index contributed by atoms with van der Waals surface area (Å²) in [5, 5.41) is 27.4. The fraction of sp³-hybridized carbons (Fsp3) is 0.0625. The lowest BCUT2D eigenvalue weighted by Crippen LogP contribution is -2.17. The number of aromatic hydroxyl groups is 2. The molecule has 2 aromatic rings. The number of hydrogen-bond acceptors (Lipinski definition) is 7. The molecule has 0 spiro atoms. The Morgan fingerprint density at radius 3 is 2.25 bits per heavy atom. The number of benzene rings is 2. The largest absolute Gasteiger partial charge is 0.514 e. The van der Waals surface area contributed by atoms with Crippen LogP contribution >= 0.6 is 0 Å². The van der Waals surface area contributed by atoms with Gasteiger partial charge < -0.3 is 24.8 Å². The molecular weight excluding hydrogens is 320 g/mol. The van der Waals surface area contributed by atoms with Gasteiger partial charge in [-0.25, -0.2) is 9.59 Å². The molecule has 0 unspecified atom stereocenters. The smallest absolute Gasteiger partial charge is 0.508 e. The number of carboxylic acids is 1. The highest BCUT2D eigenvalue weighted by atomic mass is 16.7. The van der Waals surface area contributed by atoms with Gasteiger partial charge >= 0.3 is 12.1 Å². The van der Waals surface area contributed by atoms with E-state index in [1.807, 2.05) is 0 Å². The third-order valence-corrected chi connectivity index (χ3v) is 2.91. The number of phenolic OH excluding ortho intramolecular Hbond substituents is 1. The van der Waals surface area contributed by atoms with Gasteiger partial charge in [0, 0.05) is 5.56 Å². The van der Waals surface area contributed by atoms with E-state index in [4.69, 9.17) is 14.9 Å². The summed E-state index contributed by atoms with van der Waals surface area (Å²) in [6, 6.07) is 8.52. The zero-order chi connectivity index (χ0) is 17.7. The average Bonchev–Trinajstić information content (AvgIpc) is 2.55. The lowest BCUT2D eigenvalue weighted by atomic mass is 10.1. The van der Waals surface area contributed by atoms with E-state index in [1.54, 1.807) is 0 Å². The molecule has 0 aromatic heterocycles. The first kappa shape index (κ1) is 16.8. The van der Waals surface area contributed by atoms with Gasteiger partial charge in [0.2, 0.25) is 0 Å². The average molecular weight is 332 g/mol. The van der Waals surface area contributed by atoms with E-state index in [-0.39, 0.29) is 17.1 Å². The maximum absolute atomic E-state index is 11.9. The second kappa shape index (κ2) is 7.14. The van der Waals surface area contributed by atoms with Crippen molar-refractivity contribution < 1.29 is 39.2 Å². The van der Waals surface area contributed by atoms with Gasteiger partial charge in [-0.3, -0.25) is 4.79 Å². The van der Waals surface area contributed by atoms with E-state index in [0.717, 1.165) is 12.1 Å². The Balaban J connectivity index is 1.95. The first-order valence-corrected chi connectivity index (χ1v) is 6.60. The first-order valence-electron chi connectivity index (χ1n) is 6.60. The predicted molar refractivity (Wildman–Crippen MR) is 79.5 cm³/mol. The summed E-state index contributed by atoms with van der Waals surface area (Å²) >= 11 is 0. The summed E-state index contributed by atoms with van der Waals surface area (Å²) < 4.78 is 9.42. The van der Waals surface area contributed by atoms with Crippen LogP contribution < -0.4 is 4.74 Å². The third kappa shape index (κ3) is 4.23. The second-order valence-electron chi connectivity index (χ2n) is 4.59. The number of carbonyl (C=O) groups is 3. The molecule has 24 heavy (non-hydrogen) atoms. The van der Waals surface area contributed by atoms with Crippen molar-refractivity contribution in [3.05, 3.63) is 53.6 Å². The SMILES string of the molecule is O=C(OCC(=O)c1ccc(O)c(C(=O)O)c1)Oc1ccc(O)cc1. The Morgan fingerprint density at radius 2 is 1.62 bits per heavy atom. The van der Waals surface area contributed by atoms with Crippen LogP contribution in [-0.2, 0) is 4.74 Å². The molecule has 8 nitrogen and oxygen atoms in total. The summed E-state index contributed by atoms with van der Waals surface area (Å²) in [5.41, 5.74) is -0.477. The highest BCUT2D eigenvalue weighted by Crippen LogP contribution is 2.19. The molecule has 0 aliphatic heterocycles. The molecule has 0 saturated carbocycles. The molecule has 2 aromatic carbocycles. The Kier molecular flexibility index (Phi) is 5.00. The van der Waals surface area contributed by atoms with E-state index < -0.39 is 35.8 Å². The topological polar surface area (TPSA) is 130 Å². The van der Waals surface area contributed by atoms with Gasteiger partial charge in [0.1, 0.15) is 22.8 Å². The molecule has 0 fully saturated rings. The van der Waals surface area contributed by atoms with Crippen LogP contribution in [0.15, 0.2) is 42.5 Å². The minimum atomic E-state index is -1.39. The molecule has 0 bridgehead atoms. The first-order chi connectivity index (χ1) is 11.4. The quantitative estimate of drug-likeness (QED) is 0.431. The van der Waals surface area contributed by atoms with Gasteiger partial charge in [0.15, 0.2) is 12.4 Å². The summed E-state index contributed by atoms with van der Waals surface area (Å²) in [6.07, 6.45) is -1.13. The van der Waals surface area contributed by atoms with E-state index in [9.17, 15) is 19.5 Å². The number of carbonyl (C=O) groups excluding carboxylic acids is 2. The van der Waals surface area contributed by atoms with Crippen molar-refractivity contribution >= 4 is 17.9 Å². The molecule has 0 aliphatic carbocycles. The lowest BCUT2D eigenvalue weighted by Gasteiger charge is -2.06. The van der Waals surface area contributed by atoms with E-state index in [2.05, 4.69) is 4.74 Å².